The molecule has 3 heteroatoms. The molecule has 1 unspecified atom stereocenters. The lowest BCUT2D eigenvalue weighted by molar-refractivity contribution is 0.00917. The summed E-state index contributed by atoms with van der Waals surface area (Å²) in [4.78, 5) is 1.94. The van der Waals surface area contributed by atoms with Crippen LogP contribution in [0.1, 0.15) is 40.5 Å². The van der Waals surface area contributed by atoms with Crippen LogP contribution in [0.25, 0.3) is 0 Å². The third kappa shape index (κ3) is 2.91. The molecule has 1 rings (SSSR count). The maximum atomic E-state index is 13.2. The van der Waals surface area contributed by atoms with Crippen LogP contribution < -0.4 is 0 Å². The third-order valence-corrected chi connectivity index (χ3v) is 2.82. The molecule has 84 valence electrons. The Morgan fingerprint density at radius 1 is 1.29 bits per heavy atom. The fraction of sp³-hybridized carbons (Fsp3) is 1.00. The van der Waals surface area contributed by atoms with Crippen molar-refractivity contribution < 1.29 is 8.78 Å². The second-order valence-corrected chi connectivity index (χ2v) is 5.11. The molecular formula is C11H21F2N. The van der Waals surface area contributed by atoms with E-state index in [-0.39, 0.29) is 25.0 Å². The second kappa shape index (κ2) is 4.13. The molecule has 1 fully saturated rings. The maximum absolute atomic E-state index is 13.2. The average Bonchev–Trinajstić information content (AvgIpc) is 2.24. The number of hydrogen-bond acceptors (Lipinski definition) is 1. The van der Waals surface area contributed by atoms with Crippen molar-refractivity contribution in [3.8, 4) is 0 Å². The van der Waals surface area contributed by atoms with Crippen molar-refractivity contribution in [2.75, 3.05) is 6.54 Å². The Hall–Kier alpha value is -0.180. The first-order valence-corrected chi connectivity index (χ1v) is 5.45. The second-order valence-electron chi connectivity index (χ2n) is 5.11. The van der Waals surface area contributed by atoms with E-state index in [0.717, 1.165) is 6.42 Å². The number of halogens is 2. The first kappa shape index (κ1) is 11.9. The lowest BCUT2D eigenvalue weighted by Crippen LogP contribution is -2.37. The van der Waals surface area contributed by atoms with Gasteiger partial charge in [-0.3, -0.25) is 4.90 Å². The van der Waals surface area contributed by atoms with Crippen LogP contribution in [-0.2, 0) is 0 Å². The van der Waals surface area contributed by atoms with Crippen LogP contribution >= 0.6 is 0 Å². The summed E-state index contributed by atoms with van der Waals surface area (Å²) in [5.74, 6) is -1.97. The highest BCUT2D eigenvalue weighted by atomic mass is 19.3. The summed E-state index contributed by atoms with van der Waals surface area (Å²) in [6.45, 7) is 8.12. The van der Waals surface area contributed by atoms with E-state index in [2.05, 4.69) is 13.8 Å². The standard InChI is InChI=1S/C11H21F2N/c1-8(2)5-10-6-11(12,13)7-14(10)9(3)4/h8-10H,5-7H2,1-4H3. The van der Waals surface area contributed by atoms with Crippen LogP contribution in [0.15, 0.2) is 0 Å². The van der Waals surface area contributed by atoms with Gasteiger partial charge in [0.15, 0.2) is 0 Å². The molecule has 1 nitrogen and oxygen atoms in total. The van der Waals surface area contributed by atoms with Crippen LogP contribution in [0.2, 0.25) is 0 Å². The van der Waals surface area contributed by atoms with E-state index in [1.54, 1.807) is 0 Å². The zero-order valence-electron chi connectivity index (χ0n) is 9.56. The van der Waals surface area contributed by atoms with E-state index in [1.807, 2.05) is 18.7 Å². The molecule has 0 spiro atoms. The molecule has 1 saturated heterocycles. The van der Waals surface area contributed by atoms with Crippen LogP contribution in [0, 0.1) is 5.92 Å². The van der Waals surface area contributed by atoms with E-state index in [9.17, 15) is 8.78 Å². The van der Waals surface area contributed by atoms with E-state index in [4.69, 9.17) is 0 Å². The van der Waals surface area contributed by atoms with Gasteiger partial charge < -0.3 is 0 Å². The molecule has 0 amide bonds. The monoisotopic (exact) mass is 205 g/mol. The summed E-state index contributed by atoms with van der Waals surface area (Å²) in [6, 6.07) is 0.303. The number of rotatable bonds is 3. The molecule has 0 radical (unpaired) electrons. The molecular weight excluding hydrogens is 184 g/mol. The minimum Gasteiger partial charge on any atom is -0.292 e. The van der Waals surface area contributed by atoms with Gasteiger partial charge in [-0.05, 0) is 26.2 Å². The molecule has 1 aliphatic rings. The van der Waals surface area contributed by atoms with Gasteiger partial charge >= 0.3 is 0 Å². The third-order valence-electron chi connectivity index (χ3n) is 2.82. The molecule has 0 aliphatic carbocycles. The average molecular weight is 205 g/mol. The van der Waals surface area contributed by atoms with Crippen molar-refractivity contribution in [2.45, 2.75) is 58.5 Å². The van der Waals surface area contributed by atoms with Crippen LogP contribution in [0.3, 0.4) is 0 Å². The van der Waals surface area contributed by atoms with Crippen molar-refractivity contribution in [1.82, 2.24) is 4.90 Å². The summed E-state index contributed by atoms with van der Waals surface area (Å²) < 4.78 is 26.4. The van der Waals surface area contributed by atoms with Crippen LogP contribution in [0.4, 0.5) is 8.78 Å². The molecule has 1 heterocycles. The van der Waals surface area contributed by atoms with E-state index >= 15 is 0 Å². The van der Waals surface area contributed by atoms with E-state index in [1.165, 1.54) is 0 Å². The Bertz CT molecular complexity index is 190. The molecule has 0 N–H and O–H groups in total. The SMILES string of the molecule is CC(C)CC1CC(F)(F)CN1C(C)C. The fourth-order valence-corrected chi connectivity index (χ4v) is 2.29. The Kier molecular flexibility index (Phi) is 3.51. The molecule has 1 atom stereocenters. The predicted molar refractivity (Wildman–Crippen MR) is 54.6 cm³/mol. The molecule has 0 aromatic carbocycles. The molecule has 0 aromatic heterocycles. The molecule has 1 aliphatic heterocycles. The Morgan fingerprint density at radius 2 is 1.86 bits per heavy atom. The van der Waals surface area contributed by atoms with Crippen molar-refractivity contribution in [1.29, 1.82) is 0 Å². The first-order valence-electron chi connectivity index (χ1n) is 5.45. The lowest BCUT2D eigenvalue weighted by Gasteiger charge is -2.28. The Morgan fingerprint density at radius 3 is 2.29 bits per heavy atom. The normalized spacial score (nSPS) is 27.9. The highest BCUT2D eigenvalue weighted by Crippen LogP contribution is 2.35. The van der Waals surface area contributed by atoms with Gasteiger partial charge in [-0.1, -0.05) is 13.8 Å². The van der Waals surface area contributed by atoms with Gasteiger partial charge in [0.05, 0.1) is 6.54 Å². The van der Waals surface area contributed by atoms with Gasteiger partial charge in [-0.15, -0.1) is 0 Å². The van der Waals surface area contributed by atoms with Gasteiger partial charge in [0, 0.05) is 18.5 Å². The highest BCUT2D eigenvalue weighted by molar-refractivity contribution is 4.92. The molecule has 0 saturated carbocycles. The molecule has 14 heavy (non-hydrogen) atoms. The van der Waals surface area contributed by atoms with E-state index in [0.29, 0.717) is 5.92 Å². The summed E-state index contributed by atoms with van der Waals surface area (Å²) in [6.07, 6.45) is 0.928. The number of alkyl halides is 2. The van der Waals surface area contributed by atoms with Gasteiger partial charge in [-0.25, -0.2) is 8.78 Å². The Balaban J connectivity index is 2.63. The summed E-state index contributed by atoms with van der Waals surface area (Å²) in [5.41, 5.74) is 0. The van der Waals surface area contributed by atoms with Crippen molar-refractivity contribution in [3.63, 3.8) is 0 Å². The molecule has 0 aromatic rings. The first-order chi connectivity index (χ1) is 6.32. The fourth-order valence-electron chi connectivity index (χ4n) is 2.29. The summed E-state index contributed by atoms with van der Waals surface area (Å²) >= 11 is 0. The van der Waals surface area contributed by atoms with E-state index < -0.39 is 5.92 Å². The topological polar surface area (TPSA) is 3.24 Å². The van der Waals surface area contributed by atoms with Gasteiger partial charge in [0.25, 0.3) is 5.92 Å². The van der Waals surface area contributed by atoms with Crippen molar-refractivity contribution in [3.05, 3.63) is 0 Å². The van der Waals surface area contributed by atoms with Crippen molar-refractivity contribution in [2.24, 2.45) is 5.92 Å². The minimum absolute atomic E-state index is 0.0450. The van der Waals surface area contributed by atoms with Crippen LogP contribution in [-0.4, -0.2) is 29.5 Å². The smallest absolute Gasteiger partial charge is 0.262 e. The minimum atomic E-state index is -2.47. The largest absolute Gasteiger partial charge is 0.292 e. The lowest BCUT2D eigenvalue weighted by atomic mass is 10.0. The Labute approximate surface area is 85.5 Å². The predicted octanol–water partition coefficient (Wildman–Crippen LogP) is 3.15. The number of hydrogen-bond donors (Lipinski definition) is 0. The summed E-state index contributed by atoms with van der Waals surface area (Å²) in [5, 5.41) is 0. The van der Waals surface area contributed by atoms with Gasteiger partial charge in [0.2, 0.25) is 0 Å². The van der Waals surface area contributed by atoms with Crippen LogP contribution in [0.5, 0.6) is 0 Å². The maximum Gasteiger partial charge on any atom is 0.262 e. The van der Waals surface area contributed by atoms with Gasteiger partial charge in [0.1, 0.15) is 0 Å². The zero-order chi connectivity index (χ0) is 10.9. The number of likely N-dealkylation sites (tertiary alicyclic amines) is 1. The quantitative estimate of drug-likeness (QED) is 0.684. The highest BCUT2D eigenvalue weighted by Gasteiger charge is 2.45. The van der Waals surface area contributed by atoms with Crippen molar-refractivity contribution >= 4 is 0 Å². The summed E-state index contributed by atoms with van der Waals surface area (Å²) in [7, 11) is 0. The van der Waals surface area contributed by atoms with Gasteiger partial charge in [-0.2, -0.15) is 0 Å². The molecule has 0 bridgehead atoms. The number of nitrogens with zero attached hydrogens (tertiary/aromatic N) is 1. The zero-order valence-corrected chi connectivity index (χ0v) is 9.56.